The number of aryl methyl sites for hydroxylation is 2. The fraction of sp³-hybridized carbons (Fsp3) is 0.300. The number of benzene rings is 2. The molecule has 0 saturated carbocycles. The average Bonchev–Trinajstić information content (AvgIpc) is 2.93. The standard InChI is InChI=1S/C20H22FN5O3/c1-24-17-11-15(23-19(27)22-14-5-3-13(21)4-6-14)16(26-7-9-29-10-8-26)12-18(17)25(2)20(24)28/h3-6,11-12H,7-10H2,1-2H3,(H2,22,23,27). The van der Waals surface area contributed by atoms with Gasteiger partial charge in [-0.3, -0.25) is 9.13 Å². The average molecular weight is 399 g/mol. The lowest BCUT2D eigenvalue weighted by Crippen LogP contribution is -2.37. The highest BCUT2D eigenvalue weighted by atomic mass is 19.1. The topological polar surface area (TPSA) is 80.5 Å². The maximum atomic E-state index is 13.1. The number of aromatic nitrogens is 2. The lowest BCUT2D eigenvalue weighted by atomic mass is 10.2. The molecule has 0 atom stereocenters. The zero-order valence-electron chi connectivity index (χ0n) is 16.2. The molecule has 8 nitrogen and oxygen atoms in total. The zero-order chi connectivity index (χ0) is 20.5. The van der Waals surface area contributed by atoms with Crippen molar-refractivity contribution in [2.75, 3.05) is 41.8 Å². The maximum absolute atomic E-state index is 13.1. The number of morpholine rings is 1. The SMILES string of the molecule is Cn1c(=O)n(C)c2cc(N3CCOCC3)c(NC(=O)Nc3ccc(F)cc3)cc21. The van der Waals surface area contributed by atoms with Crippen LogP contribution in [0.1, 0.15) is 0 Å². The van der Waals surface area contributed by atoms with Crippen molar-refractivity contribution in [1.82, 2.24) is 9.13 Å². The highest BCUT2D eigenvalue weighted by Gasteiger charge is 2.20. The van der Waals surface area contributed by atoms with Crippen LogP contribution in [-0.2, 0) is 18.8 Å². The zero-order valence-corrected chi connectivity index (χ0v) is 16.2. The molecule has 0 spiro atoms. The molecule has 0 unspecified atom stereocenters. The van der Waals surface area contributed by atoms with Gasteiger partial charge in [0.05, 0.1) is 35.6 Å². The van der Waals surface area contributed by atoms with Gasteiger partial charge in [0, 0.05) is 32.9 Å². The van der Waals surface area contributed by atoms with Gasteiger partial charge < -0.3 is 20.3 Å². The molecule has 2 amide bonds. The highest BCUT2D eigenvalue weighted by molar-refractivity contribution is 6.04. The molecule has 1 aromatic heterocycles. The van der Waals surface area contributed by atoms with Gasteiger partial charge in [0.2, 0.25) is 0 Å². The summed E-state index contributed by atoms with van der Waals surface area (Å²) in [6.45, 7) is 2.54. The Bertz CT molecular complexity index is 1110. The number of carbonyl (C=O) groups is 1. The predicted octanol–water partition coefficient (Wildman–Crippen LogP) is 2.50. The van der Waals surface area contributed by atoms with Crippen molar-refractivity contribution in [2.45, 2.75) is 0 Å². The summed E-state index contributed by atoms with van der Waals surface area (Å²) in [5.41, 5.74) is 3.23. The summed E-state index contributed by atoms with van der Waals surface area (Å²) >= 11 is 0. The van der Waals surface area contributed by atoms with Crippen LogP contribution in [0.4, 0.5) is 26.2 Å². The normalized spacial score (nSPS) is 14.2. The van der Waals surface area contributed by atoms with Gasteiger partial charge in [-0.2, -0.15) is 0 Å². The van der Waals surface area contributed by atoms with E-state index in [2.05, 4.69) is 15.5 Å². The molecule has 29 heavy (non-hydrogen) atoms. The predicted molar refractivity (Wildman–Crippen MR) is 110 cm³/mol. The molecule has 1 aliphatic heterocycles. The number of ether oxygens (including phenoxy) is 1. The van der Waals surface area contributed by atoms with Gasteiger partial charge >= 0.3 is 11.7 Å². The molecule has 0 radical (unpaired) electrons. The van der Waals surface area contributed by atoms with Gasteiger partial charge in [-0.25, -0.2) is 14.0 Å². The van der Waals surface area contributed by atoms with Gasteiger partial charge in [-0.15, -0.1) is 0 Å². The third kappa shape index (κ3) is 3.68. The van der Waals surface area contributed by atoms with Crippen LogP contribution in [0.5, 0.6) is 0 Å². The summed E-state index contributed by atoms with van der Waals surface area (Å²) in [6.07, 6.45) is 0. The number of fused-ring (bicyclic) bond motifs is 1. The van der Waals surface area contributed by atoms with Crippen LogP contribution in [-0.4, -0.2) is 41.5 Å². The highest BCUT2D eigenvalue weighted by Crippen LogP contribution is 2.31. The number of hydrogen-bond donors (Lipinski definition) is 2. The minimum absolute atomic E-state index is 0.138. The van der Waals surface area contributed by atoms with E-state index in [0.29, 0.717) is 43.2 Å². The Balaban J connectivity index is 1.70. The van der Waals surface area contributed by atoms with E-state index in [-0.39, 0.29) is 11.5 Å². The molecule has 0 bridgehead atoms. The van der Waals surface area contributed by atoms with Crippen LogP contribution in [0.15, 0.2) is 41.2 Å². The molecule has 152 valence electrons. The Morgan fingerprint density at radius 1 is 1.00 bits per heavy atom. The van der Waals surface area contributed by atoms with Crippen molar-refractivity contribution in [3.8, 4) is 0 Å². The maximum Gasteiger partial charge on any atom is 0.328 e. The summed E-state index contributed by atoms with van der Waals surface area (Å²) in [5, 5.41) is 5.56. The number of anilines is 3. The number of halogens is 1. The lowest BCUT2D eigenvalue weighted by Gasteiger charge is -2.30. The Morgan fingerprint density at radius 2 is 1.62 bits per heavy atom. The summed E-state index contributed by atoms with van der Waals surface area (Å²) in [5.74, 6) is -0.374. The van der Waals surface area contributed by atoms with E-state index in [9.17, 15) is 14.0 Å². The van der Waals surface area contributed by atoms with Crippen molar-refractivity contribution < 1.29 is 13.9 Å². The smallest absolute Gasteiger partial charge is 0.328 e. The molecule has 4 rings (SSSR count). The number of amides is 2. The van der Waals surface area contributed by atoms with E-state index >= 15 is 0 Å². The van der Waals surface area contributed by atoms with E-state index in [1.54, 1.807) is 29.3 Å². The minimum Gasteiger partial charge on any atom is -0.378 e. The molecule has 2 aromatic carbocycles. The van der Waals surface area contributed by atoms with Gasteiger partial charge in [-0.1, -0.05) is 0 Å². The molecule has 9 heteroatoms. The van der Waals surface area contributed by atoms with Crippen molar-refractivity contribution >= 4 is 34.1 Å². The van der Waals surface area contributed by atoms with Crippen molar-refractivity contribution in [3.05, 3.63) is 52.7 Å². The minimum atomic E-state index is -0.452. The Kier molecular flexibility index (Phi) is 4.98. The second-order valence-electron chi connectivity index (χ2n) is 6.94. The van der Waals surface area contributed by atoms with Crippen LogP contribution >= 0.6 is 0 Å². The first-order chi connectivity index (χ1) is 13.9. The first kappa shape index (κ1) is 19.0. The summed E-state index contributed by atoms with van der Waals surface area (Å²) in [4.78, 5) is 27.0. The van der Waals surface area contributed by atoms with Crippen LogP contribution in [0.3, 0.4) is 0 Å². The number of nitrogens with one attached hydrogen (secondary N) is 2. The van der Waals surface area contributed by atoms with E-state index in [4.69, 9.17) is 4.74 Å². The van der Waals surface area contributed by atoms with Gasteiger partial charge in [-0.05, 0) is 36.4 Å². The Morgan fingerprint density at radius 3 is 2.28 bits per heavy atom. The fourth-order valence-electron chi connectivity index (χ4n) is 3.52. The Labute approximate surface area is 166 Å². The van der Waals surface area contributed by atoms with Gasteiger partial charge in [0.15, 0.2) is 0 Å². The third-order valence-electron chi connectivity index (χ3n) is 5.09. The van der Waals surface area contributed by atoms with Crippen LogP contribution in [0, 0.1) is 5.82 Å². The number of nitrogens with zero attached hydrogens (tertiary/aromatic N) is 3. The summed E-state index contributed by atoms with van der Waals surface area (Å²) in [7, 11) is 3.42. The second kappa shape index (κ2) is 7.59. The monoisotopic (exact) mass is 399 g/mol. The summed E-state index contributed by atoms with van der Waals surface area (Å²) < 4.78 is 21.6. The molecule has 0 aliphatic carbocycles. The van der Waals surface area contributed by atoms with E-state index in [1.807, 2.05) is 6.07 Å². The number of imidazole rings is 1. The van der Waals surface area contributed by atoms with Crippen LogP contribution < -0.4 is 21.2 Å². The molecule has 2 heterocycles. The molecule has 3 aromatic rings. The third-order valence-corrected chi connectivity index (χ3v) is 5.09. The molecular weight excluding hydrogens is 377 g/mol. The molecular formula is C20H22FN5O3. The number of urea groups is 1. The molecule has 1 aliphatic rings. The summed E-state index contributed by atoms with van der Waals surface area (Å²) in [6, 6.07) is 8.79. The fourth-order valence-corrected chi connectivity index (χ4v) is 3.52. The lowest BCUT2D eigenvalue weighted by molar-refractivity contribution is 0.123. The molecule has 2 N–H and O–H groups in total. The van der Waals surface area contributed by atoms with Gasteiger partial charge in [0.25, 0.3) is 0 Å². The Hall–Kier alpha value is -3.33. The largest absolute Gasteiger partial charge is 0.378 e. The van der Waals surface area contributed by atoms with E-state index in [0.717, 1.165) is 11.2 Å². The quantitative estimate of drug-likeness (QED) is 0.709. The number of carbonyl (C=O) groups excluding carboxylic acids is 1. The van der Waals surface area contributed by atoms with Gasteiger partial charge in [0.1, 0.15) is 5.82 Å². The van der Waals surface area contributed by atoms with Crippen LogP contribution in [0.25, 0.3) is 11.0 Å². The first-order valence-electron chi connectivity index (χ1n) is 9.30. The first-order valence-corrected chi connectivity index (χ1v) is 9.30. The number of hydrogen-bond acceptors (Lipinski definition) is 4. The van der Waals surface area contributed by atoms with E-state index < -0.39 is 6.03 Å². The number of rotatable bonds is 3. The van der Waals surface area contributed by atoms with Crippen molar-refractivity contribution in [2.24, 2.45) is 14.1 Å². The molecule has 1 saturated heterocycles. The van der Waals surface area contributed by atoms with Crippen molar-refractivity contribution in [3.63, 3.8) is 0 Å². The second-order valence-corrected chi connectivity index (χ2v) is 6.94. The molecule has 1 fully saturated rings. The van der Waals surface area contributed by atoms with E-state index in [1.165, 1.54) is 24.3 Å². The van der Waals surface area contributed by atoms with Crippen molar-refractivity contribution in [1.29, 1.82) is 0 Å². The van der Waals surface area contributed by atoms with Crippen LogP contribution in [0.2, 0.25) is 0 Å².